The van der Waals surface area contributed by atoms with Gasteiger partial charge in [0.2, 0.25) is 0 Å². The molecule has 0 unspecified atom stereocenters. The molecule has 306 valence electrons. The van der Waals surface area contributed by atoms with Gasteiger partial charge in [0.15, 0.2) is 5.82 Å². The predicted molar refractivity (Wildman–Crippen MR) is 208 cm³/mol. The molecule has 0 aliphatic rings. The van der Waals surface area contributed by atoms with Crippen LogP contribution in [0.5, 0.6) is 0 Å². The molecule has 0 atom stereocenters. The van der Waals surface area contributed by atoms with Crippen molar-refractivity contribution in [2.75, 3.05) is 139 Å². The monoisotopic (exact) mass is 764 g/mol. The summed E-state index contributed by atoms with van der Waals surface area (Å²) in [4.78, 5) is 20.0. The van der Waals surface area contributed by atoms with E-state index in [0.717, 1.165) is 84.0 Å². The molecule has 54 heavy (non-hydrogen) atoms. The number of rotatable bonds is 35. The molecule has 0 bridgehead atoms. The van der Waals surface area contributed by atoms with Crippen LogP contribution in [0.25, 0.3) is 21.9 Å². The Bertz CT molecular complexity index is 1440. The van der Waals surface area contributed by atoms with Gasteiger partial charge in [-0.25, -0.2) is 9.97 Å². The van der Waals surface area contributed by atoms with E-state index >= 15 is 0 Å². The normalized spacial score (nSPS) is 12.1. The summed E-state index contributed by atoms with van der Waals surface area (Å²) in [6.07, 6.45) is 5.33. The number of aliphatic carboxylic acids is 1. The Labute approximate surface area is 320 Å². The topological polar surface area (TPSA) is 168 Å². The van der Waals surface area contributed by atoms with Crippen LogP contribution >= 0.6 is 0 Å². The second-order valence-electron chi connectivity index (χ2n) is 13.6. The molecular weight excluding hydrogens is 698 g/mol. The van der Waals surface area contributed by atoms with Crippen LogP contribution in [0.3, 0.4) is 0 Å². The number of hydrogen-bond acceptors (Lipinski definition) is 12. The number of nitrogens with zero attached hydrogens (tertiary/aromatic N) is 4. The fourth-order valence-corrected chi connectivity index (χ4v) is 5.71. The summed E-state index contributed by atoms with van der Waals surface area (Å²) < 4.78 is 47.3. The smallest absolute Gasteiger partial charge is 0.305 e. The summed E-state index contributed by atoms with van der Waals surface area (Å²) in [5.74, 6) is 0.744. The molecule has 0 amide bonds. The zero-order chi connectivity index (χ0) is 38.7. The number of pyridine rings is 1. The summed E-state index contributed by atoms with van der Waals surface area (Å²) >= 11 is 0. The molecule has 0 aliphatic carbocycles. The van der Waals surface area contributed by atoms with Gasteiger partial charge >= 0.3 is 5.97 Å². The minimum absolute atomic E-state index is 0.00113. The first-order valence-electron chi connectivity index (χ1n) is 19.5. The van der Waals surface area contributed by atoms with Crippen LogP contribution in [0, 0.1) is 0 Å². The minimum Gasteiger partial charge on any atom is -0.481 e. The number of nitrogens with two attached hydrogens (primary N) is 1. The number of carbonyl (C=O) groups is 1. The number of nitrogen functional groups attached to an aromatic ring is 1. The van der Waals surface area contributed by atoms with Crippen molar-refractivity contribution in [1.29, 1.82) is 0 Å². The number of benzene rings is 1. The zero-order valence-corrected chi connectivity index (χ0v) is 33.0. The molecule has 0 radical (unpaired) electrons. The van der Waals surface area contributed by atoms with E-state index in [2.05, 4.69) is 42.7 Å². The highest BCUT2D eigenvalue weighted by atomic mass is 16.6. The van der Waals surface area contributed by atoms with Crippen LogP contribution in [-0.2, 0) is 55.7 Å². The molecule has 3 aromatic rings. The maximum Gasteiger partial charge on any atom is 0.305 e. The quantitative estimate of drug-likeness (QED) is 0.0653. The second kappa shape index (κ2) is 27.6. The standard InChI is InChI=1S/C39H65N5O10/c1-4-5-12-35-42-37-38(33-10-6-7-11-34(33)41-39(37)40)43(35)14-8-9-15-44(2,3)16-18-48-20-22-50-24-26-52-28-30-54-32-31-53-29-27-51-25-23-49-21-19-47-17-13-36(45)46/h6-7,10-11H,4-5,8-9,12-32H2,1-3H3,(H2-,40,41,45,46)/p+1. The zero-order valence-electron chi connectivity index (χ0n) is 33.0. The van der Waals surface area contributed by atoms with Crippen molar-refractivity contribution in [3.05, 3.63) is 30.1 Å². The van der Waals surface area contributed by atoms with Crippen LogP contribution in [0.2, 0.25) is 0 Å². The number of ether oxygens (including phenoxy) is 8. The third kappa shape index (κ3) is 18.6. The molecule has 2 heterocycles. The molecule has 0 fully saturated rings. The van der Waals surface area contributed by atoms with E-state index in [1.807, 2.05) is 12.1 Å². The lowest BCUT2D eigenvalue weighted by Gasteiger charge is -2.29. The van der Waals surface area contributed by atoms with Gasteiger partial charge in [-0.2, -0.15) is 0 Å². The molecule has 0 saturated carbocycles. The van der Waals surface area contributed by atoms with Gasteiger partial charge in [0, 0.05) is 18.4 Å². The van der Waals surface area contributed by atoms with Gasteiger partial charge in [-0.3, -0.25) is 4.79 Å². The van der Waals surface area contributed by atoms with Gasteiger partial charge in [-0.05, 0) is 25.3 Å². The fraction of sp³-hybridized carbons (Fsp3) is 0.718. The van der Waals surface area contributed by atoms with Crippen molar-refractivity contribution in [3.63, 3.8) is 0 Å². The lowest BCUT2D eigenvalue weighted by molar-refractivity contribution is -0.891. The van der Waals surface area contributed by atoms with Crippen molar-refractivity contribution in [1.82, 2.24) is 14.5 Å². The van der Waals surface area contributed by atoms with Gasteiger partial charge in [0.1, 0.15) is 17.9 Å². The SMILES string of the molecule is CCCCc1nc2c(N)nc3ccccc3c2n1CCCC[N+](C)(C)CCOCCOCCOCCOCCOCCOCCOCCOCCC(=O)O. The van der Waals surface area contributed by atoms with Crippen molar-refractivity contribution in [3.8, 4) is 0 Å². The first-order valence-corrected chi connectivity index (χ1v) is 19.5. The van der Waals surface area contributed by atoms with Crippen LogP contribution in [-0.4, -0.2) is 163 Å². The predicted octanol–water partition coefficient (Wildman–Crippen LogP) is 3.97. The van der Waals surface area contributed by atoms with Gasteiger partial charge in [-0.1, -0.05) is 31.5 Å². The van der Waals surface area contributed by atoms with Crippen molar-refractivity contribution in [2.45, 2.75) is 52.0 Å². The van der Waals surface area contributed by atoms with E-state index in [-0.39, 0.29) is 13.0 Å². The fourth-order valence-electron chi connectivity index (χ4n) is 5.71. The molecule has 3 rings (SSSR count). The van der Waals surface area contributed by atoms with Gasteiger partial charge in [0.25, 0.3) is 0 Å². The number of para-hydroxylation sites is 1. The summed E-state index contributed by atoms with van der Waals surface area (Å²) in [6.45, 7) is 12.8. The number of carboxylic acid groups (broad SMARTS) is 1. The number of anilines is 1. The molecule has 15 heteroatoms. The molecule has 0 spiro atoms. The molecule has 0 saturated heterocycles. The Morgan fingerprint density at radius 1 is 0.685 bits per heavy atom. The highest BCUT2D eigenvalue weighted by Gasteiger charge is 2.18. The molecule has 0 aliphatic heterocycles. The molecular formula is C39H66N5O10+. The maximum atomic E-state index is 10.4. The molecule has 2 aromatic heterocycles. The van der Waals surface area contributed by atoms with Crippen LogP contribution in [0.15, 0.2) is 24.3 Å². The third-order valence-electron chi connectivity index (χ3n) is 8.74. The van der Waals surface area contributed by atoms with Crippen LogP contribution in [0.1, 0.15) is 44.9 Å². The Hall–Kier alpha value is -2.99. The largest absolute Gasteiger partial charge is 0.481 e. The Morgan fingerprint density at radius 2 is 1.19 bits per heavy atom. The Morgan fingerprint density at radius 3 is 1.70 bits per heavy atom. The van der Waals surface area contributed by atoms with E-state index in [1.54, 1.807) is 0 Å². The molecule has 15 nitrogen and oxygen atoms in total. The summed E-state index contributed by atoms with van der Waals surface area (Å²) in [6, 6.07) is 8.21. The van der Waals surface area contributed by atoms with Crippen molar-refractivity contribution < 1.29 is 52.3 Å². The van der Waals surface area contributed by atoms with Crippen molar-refractivity contribution in [2.24, 2.45) is 0 Å². The first-order chi connectivity index (χ1) is 26.3. The summed E-state index contributed by atoms with van der Waals surface area (Å²) in [5.41, 5.74) is 9.22. The van der Waals surface area contributed by atoms with E-state index in [4.69, 9.17) is 53.7 Å². The third-order valence-corrected chi connectivity index (χ3v) is 8.74. The number of hydrogen-bond donors (Lipinski definition) is 2. The summed E-state index contributed by atoms with van der Waals surface area (Å²) in [7, 11) is 4.53. The number of imidazole rings is 1. The summed E-state index contributed by atoms with van der Waals surface area (Å²) in [5, 5.41) is 9.63. The average molecular weight is 765 g/mol. The lowest BCUT2D eigenvalue weighted by Crippen LogP contribution is -2.43. The number of aromatic nitrogens is 3. The number of unbranched alkanes of at least 4 members (excludes halogenated alkanes) is 2. The van der Waals surface area contributed by atoms with E-state index in [1.165, 1.54) is 0 Å². The highest BCUT2D eigenvalue weighted by molar-refractivity contribution is 6.06. The number of quaternary nitrogens is 1. The molecule has 1 aromatic carbocycles. The first kappa shape index (κ1) is 45.4. The van der Waals surface area contributed by atoms with E-state index in [9.17, 15) is 4.79 Å². The number of aryl methyl sites for hydroxylation is 2. The van der Waals surface area contributed by atoms with E-state index < -0.39 is 5.97 Å². The number of carboxylic acids is 1. The van der Waals surface area contributed by atoms with Crippen molar-refractivity contribution >= 4 is 33.7 Å². The van der Waals surface area contributed by atoms with Crippen LogP contribution < -0.4 is 5.73 Å². The Balaban J connectivity index is 1.11. The van der Waals surface area contributed by atoms with Gasteiger partial charge in [-0.15, -0.1) is 0 Å². The van der Waals surface area contributed by atoms with Crippen LogP contribution in [0.4, 0.5) is 5.82 Å². The lowest BCUT2D eigenvalue weighted by atomic mass is 10.1. The minimum atomic E-state index is -0.872. The highest BCUT2D eigenvalue weighted by Crippen LogP contribution is 2.29. The maximum absolute atomic E-state index is 10.4. The average Bonchev–Trinajstić information content (AvgIpc) is 3.52. The number of fused-ring (bicyclic) bond motifs is 3. The van der Waals surface area contributed by atoms with E-state index in [0.29, 0.717) is 105 Å². The van der Waals surface area contributed by atoms with Gasteiger partial charge in [0.05, 0.1) is 144 Å². The second-order valence-corrected chi connectivity index (χ2v) is 13.6. The molecule has 3 N–H and O–H groups in total. The Kier molecular flexibility index (Phi) is 23.2. The van der Waals surface area contributed by atoms with Gasteiger partial charge < -0.3 is 57.8 Å². The number of likely N-dealkylation sites (N-methyl/N-ethyl adjacent to an activating group) is 1.